The molecular weight excluding hydrogens is 1850 g/mol. The Morgan fingerprint density at radius 1 is 0.292 bits per heavy atom. The number of hydrogen-bond acceptors (Lipinski definition) is 8. The highest BCUT2D eigenvalue weighted by molar-refractivity contribution is 14.1. The van der Waals surface area contributed by atoms with Gasteiger partial charge in [0.2, 0.25) is 0 Å². The summed E-state index contributed by atoms with van der Waals surface area (Å²) in [5.41, 5.74) is 10.6. The summed E-state index contributed by atoms with van der Waals surface area (Å²) in [6.07, 6.45) is 0. The fourth-order valence-corrected chi connectivity index (χ4v) is 28.9. The second-order valence-corrected chi connectivity index (χ2v) is 34.3. The smallest absolute Gasteiger partial charge is 0.0612 e. The van der Waals surface area contributed by atoms with Crippen LogP contribution in [0.5, 0.6) is 0 Å². The summed E-state index contributed by atoms with van der Waals surface area (Å²) < 4.78 is 27.3. The number of thiophene rings is 8. The zero-order valence-electron chi connectivity index (χ0n) is 37.5. The van der Waals surface area contributed by atoms with Gasteiger partial charge in [-0.3, -0.25) is 0 Å². The molecule has 14 aromatic rings. The maximum atomic E-state index is 3.97. The number of hydrogen-bond donors (Lipinski definition) is 0. The lowest BCUT2D eigenvalue weighted by Gasteiger charge is -2.04. The number of fused-ring (bicyclic) bond motifs is 12. The van der Waals surface area contributed by atoms with E-state index in [1.165, 1.54) is 172 Å². The first kappa shape index (κ1) is 51.8. The summed E-state index contributed by atoms with van der Waals surface area (Å²) in [5.74, 6) is 0. The highest BCUT2D eigenvalue weighted by Gasteiger charge is 2.25. The largest absolute Gasteiger partial charge is 0.133 e. The minimum Gasteiger partial charge on any atom is -0.133 e. The molecular formula is C56H28Br2I6S8. The molecule has 8 aromatic heterocycles. The van der Waals surface area contributed by atoms with Crippen molar-refractivity contribution in [3.63, 3.8) is 0 Å². The lowest BCUT2D eigenvalue weighted by molar-refractivity contribution is 1.45. The predicted molar refractivity (Wildman–Crippen MR) is 388 cm³/mol. The van der Waals surface area contributed by atoms with Crippen LogP contribution in [0.15, 0.2) is 106 Å². The maximum absolute atomic E-state index is 3.97. The fraction of sp³-hybridized carbons (Fsp3) is 0.0714. The Labute approximate surface area is 545 Å². The molecule has 0 atom stereocenters. The van der Waals surface area contributed by atoms with Crippen molar-refractivity contribution in [1.82, 2.24) is 0 Å². The van der Waals surface area contributed by atoms with Gasteiger partial charge in [-0.15, -0.1) is 90.7 Å². The molecule has 0 fully saturated rings. The SMILES string of the molecule is Cc1ccc(-c2sc3c(sc4cc5c(cc43)sc3c(Br)c(-c4ccc(C)cc4I)sc35)c2Br)c(I)c1.Cc1ccc(-c2sc3c(sc4cc5c(cc43)sc3c(I)c(-c4ccc(C)cc4I)sc35)c2I)c(I)c1. The molecule has 0 unspecified atom stereocenters. The summed E-state index contributed by atoms with van der Waals surface area (Å²) in [6, 6.07) is 36.8. The van der Waals surface area contributed by atoms with Crippen LogP contribution >= 0.6 is 258 Å². The Bertz CT molecular complexity index is 4040. The van der Waals surface area contributed by atoms with Crippen LogP contribution < -0.4 is 0 Å². The summed E-state index contributed by atoms with van der Waals surface area (Å²) in [7, 11) is 0. The second kappa shape index (κ2) is 20.2. The third-order valence-electron chi connectivity index (χ3n) is 12.7. The van der Waals surface area contributed by atoms with Crippen molar-refractivity contribution < 1.29 is 0 Å². The molecule has 0 aliphatic carbocycles. The van der Waals surface area contributed by atoms with E-state index < -0.39 is 0 Å². The van der Waals surface area contributed by atoms with E-state index in [1.54, 1.807) is 0 Å². The number of aryl methyl sites for hydroxylation is 4. The van der Waals surface area contributed by atoms with Gasteiger partial charge in [0.15, 0.2) is 0 Å². The van der Waals surface area contributed by atoms with Crippen LogP contribution in [-0.2, 0) is 0 Å². The number of rotatable bonds is 4. The summed E-state index contributed by atoms with van der Waals surface area (Å²) in [4.78, 5) is 5.47. The third-order valence-corrected chi connectivity index (χ3v) is 32.8. The molecule has 72 heavy (non-hydrogen) atoms. The Morgan fingerprint density at radius 2 is 0.542 bits per heavy atom. The van der Waals surface area contributed by atoms with E-state index in [1.807, 2.05) is 90.7 Å². The van der Waals surface area contributed by atoms with Gasteiger partial charge in [0.25, 0.3) is 0 Å². The lowest BCUT2D eigenvalue weighted by Crippen LogP contribution is -1.83. The predicted octanol–water partition coefficient (Wildman–Crippen LogP) is 26.1. The molecule has 356 valence electrons. The zero-order chi connectivity index (χ0) is 49.8. The first-order valence-electron chi connectivity index (χ1n) is 22.0. The average molecular weight is 1880 g/mol. The van der Waals surface area contributed by atoms with E-state index in [0.717, 1.165) is 0 Å². The highest BCUT2D eigenvalue weighted by Crippen LogP contribution is 2.56. The molecule has 0 saturated heterocycles. The van der Waals surface area contributed by atoms with Crippen LogP contribution in [-0.4, -0.2) is 0 Å². The molecule has 0 aliphatic heterocycles. The Morgan fingerprint density at radius 3 is 0.833 bits per heavy atom. The lowest BCUT2D eigenvalue weighted by atomic mass is 10.1. The topological polar surface area (TPSA) is 0 Å². The first-order valence-corrected chi connectivity index (χ1v) is 36.6. The van der Waals surface area contributed by atoms with Gasteiger partial charge in [0, 0.05) is 84.0 Å². The van der Waals surface area contributed by atoms with Crippen LogP contribution in [0.4, 0.5) is 0 Å². The quantitative estimate of drug-likeness (QED) is 0.154. The Balaban J connectivity index is 0.000000140. The van der Waals surface area contributed by atoms with Crippen LogP contribution in [0.2, 0.25) is 0 Å². The first-order chi connectivity index (χ1) is 34.6. The minimum atomic E-state index is 1.23. The van der Waals surface area contributed by atoms with Gasteiger partial charge in [-0.2, -0.15) is 0 Å². The molecule has 0 N–H and O–H groups in total. The molecule has 0 bridgehead atoms. The van der Waals surface area contributed by atoms with Gasteiger partial charge in [0.05, 0.1) is 66.1 Å². The van der Waals surface area contributed by atoms with E-state index in [2.05, 4.69) is 292 Å². The molecule has 16 heteroatoms. The Hall–Kier alpha value is 0.340. The minimum absolute atomic E-state index is 1.23. The molecule has 0 nitrogen and oxygen atoms in total. The monoisotopic (exact) mass is 1880 g/mol. The third kappa shape index (κ3) is 8.77. The van der Waals surface area contributed by atoms with Crippen molar-refractivity contribution in [2.75, 3.05) is 0 Å². The fourth-order valence-electron chi connectivity index (χ4n) is 9.18. The molecule has 14 rings (SSSR count). The van der Waals surface area contributed by atoms with Crippen molar-refractivity contribution in [3.8, 4) is 41.8 Å². The van der Waals surface area contributed by atoms with Crippen LogP contribution in [0.25, 0.3) is 120 Å². The summed E-state index contributed by atoms with van der Waals surface area (Å²) in [6.45, 7) is 8.64. The van der Waals surface area contributed by atoms with Crippen LogP contribution in [0, 0.1) is 49.1 Å². The van der Waals surface area contributed by atoms with Crippen molar-refractivity contribution in [2.24, 2.45) is 0 Å². The van der Waals surface area contributed by atoms with Gasteiger partial charge in [-0.25, -0.2) is 0 Å². The second-order valence-electron chi connectivity index (χ2n) is 17.6. The van der Waals surface area contributed by atoms with Crippen molar-refractivity contribution in [1.29, 1.82) is 0 Å². The van der Waals surface area contributed by atoms with E-state index in [4.69, 9.17) is 0 Å². The van der Waals surface area contributed by atoms with Gasteiger partial charge < -0.3 is 0 Å². The van der Waals surface area contributed by atoms with E-state index >= 15 is 0 Å². The average Bonchev–Trinajstić information content (AvgIpc) is 4.23. The molecule has 0 spiro atoms. The summed E-state index contributed by atoms with van der Waals surface area (Å²) >= 11 is 38.5. The molecule has 0 saturated carbocycles. The van der Waals surface area contributed by atoms with Crippen LogP contribution in [0.3, 0.4) is 0 Å². The number of halogens is 8. The van der Waals surface area contributed by atoms with Crippen molar-refractivity contribution in [2.45, 2.75) is 27.7 Å². The Kier molecular flexibility index (Phi) is 14.5. The molecule has 8 heterocycles. The number of benzene rings is 6. The van der Waals surface area contributed by atoms with Crippen molar-refractivity contribution in [3.05, 3.63) is 150 Å². The molecule has 6 aromatic carbocycles. The van der Waals surface area contributed by atoms with Crippen LogP contribution in [0.1, 0.15) is 22.3 Å². The normalized spacial score (nSPS) is 12.2. The van der Waals surface area contributed by atoms with Gasteiger partial charge in [-0.1, -0.05) is 70.8 Å². The molecule has 0 amide bonds. The zero-order valence-corrected chi connectivity index (χ0v) is 60.2. The summed E-state index contributed by atoms with van der Waals surface area (Å²) in [5, 5.41) is 5.58. The van der Waals surface area contributed by atoms with E-state index in [9.17, 15) is 0 Å². The standard InChI is InChI=1S/C28H14Br2I2S4.C28H14I4S4/c1-11-3-5-13(17(31)7-11)23-21(29)27-25(35-23)15-9-20-16(10-19(15)33-27)26-28(34-20)22(30)24(36-26)14-6-4-12(2)8-18(14)32;1-11-3-5-13(17(29)7-11)23-21(31)27-25(35-23)15-9-20-16(10-19(15)33-27)26-28(34-20)22(32)24(36-26)14-6-4-12(2)8-18(14)30/h2*3-10H,1-2H3. The highest BCUT2D eigenvalue weighted by atomic mass is 127. The van der Waals surface area contributed by atoms with Gasteiger partial charge in [-0.05, 0) is 244 Å². The van der Waals surface area contributed by atoms with Gasteiger partial charge >= 0.3 is 0 Å². The van der Waals surface area contributed by atoms with Gasteiger partial charge in [0.1, 0.15) is 0 Å². The maximum Gasteiger partial charge on any atom is 0.0612 e. The van der Waals surface area contributed by atoms with E-state index in [0.29, 0.717) is 0 Å². The van der Waals surface area contributed by atoms with Crippen molar-refractivity contribution >= 4 is 336 Å². The van der Waals surface area contributed by atoms with E-state index in [-0.39, 0.29) is 0 Å². The molecule has 0 radical (unpaired) electrons. The molecule has 0 aliphatic rings.